The number of hydrogen-bond donors (Lipinski definition) is 1. The van der Waals surface area contributed by atoms with Crippen LogP contribution in [0.15, 0.2) is 34.9 Å². The fraction of sp³-hybridized carbons (Fsp3) is 0.154. The van der Waals surface area contributed by atoms with Crippen LogP contribution in [0.25, 0.3) is 0 Å². The lowest BCUT2D eigenvalue weighted by atomic mass is 10.2. The second kappa shape index (κ2) is 5.88. The molecule has 2 rings (SSSR count). The highest BCUT2D eigenvalue weighted by Gasteiger charge is 2.37. The Morgan fingerprint density at radius 1 is 1.32 bits per heavy atom. The lowest BCUT2D eigenvalue weighted by molar-refractivity contribution is -0.156. The van der Waals surface area contributed by atoms with Crippen LogP contribution in [0.3, 0.4) is 0 Å². The zero-order valence-electron chi connectivity index (χ0n) is 11.1. The van der Waals surface area contributed by atoms with Crippen molar-refractivity contribution in [2.24, 2.45) is 0 Å². The summed E-state index contributed by atoms with van der Waals surface area (Å²) in [6.07, 6.45) is -3.99. The first kappa shape index (κ1) is 15.5. The van der Waals surface area contributed by atoms with Gasteiger partial charge in [0.25, 0.3) is 5.91 Å². The summed E-state index contributed by atoms with van der Waals surface area (Å²) in [5.41, 5.74) is 0.0729. The van der Waals surface area contributed by atoms with Crippen molar-refractivity contribution in [2.75, 3.05) is 5.32 Å². The van der Waals surface area contributed by atoms with E-state index in [1.54, 1.807) is 0 Å². The van der Waals surface area contributed by atoms with Crippen molar-refractivity contribution in [3.63, 3.8) is 0 Å². The number of carbonyl (C=O) groups excluding carboxylic acids is 2. The van der Waals surface area contributed by atoms with Crippen molar-refractivity contribution in [3.8, 4) is 5.75 Å². The second-order valence-electron chi connectivity index (χ2n) is 4.10. The molecule has 0 saturated carbocycles. The number of oxazole rings is 1. The van der Waals surface area contributed by atoms with E-state index in [2.05, 4.69) is 14.7 Å². The molecule has 1 amide bonds. The normalized spacial score (nSPS) is 11.1. The van der Waals surface area contributed by atoms with E-state index in [1.807, 2.05) is 0 Å². The molecule has 22 heavy (non-hydrogen) atoms. The zero-order valence-corrected chi connectivity index (χ0v) is 11.1. The average molecular weight is 314 g/mol. The predicted octanol–water partition coefficient (Wildman–Crippen LogP) is 2.87. The second-order valence-corrected chi connectivity index (χ2v) is 4.10. The lowest BCUT2D eigenvalue weighted by Gasteiger charge is -2.05. The fourth-order valence-electron chi connectivity index (χ4n) is 1.51. The molecule has 0 aliphatic rings. The summed E-state index contributed by atoms with van der Waals surface area (Å²) in [6.45, 7) is 1.19. The number of alkyl halides is 3. The van der Waals surface area contributed by atoms with Crippen molar-refractivity contribution in [1.82, 2.24) is 4.98 Å². The monoisotopic (exact) mass is 314 g/mol. The third kappa shape index (κ3) is 3.84. The number of halogens is 3. The van der Waals surface area contributed by atoms with Gasteiger partial charge < -0.3 is 9.15 Å². The van der Waals surface area contributed by atoms with E-state index in [9.17, 15) is 22.8 Å². The number of carbonyl (C=O) groups is 2. The Kier molecular flexibility index (Phi) is 4.15. The molecule has 0 radical (unpaired) electrons. The van der Waals surface area contributed by atoms with Crippen molar-refractivity contribution in [1.29, 1.82) is 0 Å². The number of nitrogens with zero attached hydrogens (tertiary/aromatic N) is 1. The first-order chi connectivity index (χ1) is 10.3. The summed E-state index contributed by atoms with van der Waals surface area (Å²) in [6, 6.07) is 5.56. The molecule has 0 spiro atoms. The van der Waals surface area contributed by atoms with Crippen LogP contribution in [0.5, 0.6) is 5.75 Å². The minimum atomic E-state index is -4.74. The predicted molar refractivity (Wildman–Crippen MR) is 67.2 cm³/mol. The van der Waals surface area contributed by atoms with Crippen LogP contribution in [0.4, 0.5) is 19.1 Å². The zero-order chi connectivity index (χ0) is 16.3. The number of nitrogens with one attached hydrogen (secondary N) is 1. The number of esters is 1. The summed E-state index contributed by atoms with van der Waals surface area (Å²) in [5.74, 6) is -3.08. The van der Waals surface area contributed by atoms with Gasteiger partial charge in [-0.05, 0) is 18.2 Å². The number of benzene rings is 1. The van der Waals surface area contributed by atoms with Gasteiger partial charge in [-0.1, -0.05) is 6.07 Å². The minimum Gasteiger partial charge on any atom is -0.427 e. The summed E-state index contributed by atoms with van der Waals surface area (Å²) in [5, 5.41) is 2.12. The molecule has 0 unspecified atom stereocenters. The topological polar surface area (TPSA) is 81.4 Å². The van der Waals surface area contributed by atoms with Gasteiger partial charge in [0.2, 0.25) is 5.88 Å². The van der Waals surface area contributed by atoms with Gasteiger partial charge in [0.15, 0.2) is 0 Å². The summed E-state index contributed by atoms with van der Waals surface area (Å²) >= 11 is 0. The lowest BCUT2D eigenvalue weighted by Crippen LogP contribution is -2.12. The number of ether oxygens (including phenoxy) is 1. The van der Waals surface area contributed by atoms with Gasteiger partial charge >= 0.3 is 18.0 Å². The Morgan fingerprint density at radius 3 is 2.64 bits per heavy atom. The quantitative estimate of drug-likeness (QED) is 0.696. The number of aromatic nitrogens is 1. The van der Waals surface area contributed by atoms with Crippen molar-refractivity contribution < 1.29 is 31.9 Å². The Bertz CT molecular complexity index is 709. The van der Waals surface area contributed by atoms with E-state index >= 15 is 0 Å². The number of hydrogen-bond acceptors (Lipinski definition) is 5. The third-order valence-corrected chi connectivity index (χ3v) is 2.34. The maximum absolute atomic E-state index is 12.3. The summed E-state index contributed by atoms with van der Waals surface area (Å²) in [4.78, 5) is 25.7. The van der Waals surface area contributed by atoms with Crippen LogP contribution in [-0.2, 0) is 11.0 Å². The number of rotatable bonds is 3. The molecular formula is C13H9F3N2O4. The molecular weight excluding hydrogens is 305 g/mol. The smallest absolute Gasteiger partial charge is 0.427 e. The van der Waals surface area contributed by atoms with Crippen molar-refractivity contribution in [2.45, 2.75) is 13.1 Å². The highest BCUT2D eigenvalue weighted by molar-refractivity contribution is 6.03. The SMILES string of the molecule is CC(=O)Oc1cccc(C(=O)Nc2cnc(C(F)(F)F)o2)c1. The van der Waals surface area contributed by atoms with Crippen LogP contribution >= 0.6 is 0 Å². The van der Waals surface area contributed by atoms with Gasteiger partial charge in [0.05, 0.1) is 6.20 Å². The van der Waals surface area contributed by atoms with Crippen LogP contribution in [-0.4, -0.2) is 16.9 Å². The maximum atomic E-state index is 12.3. The molecule has 0 aliphatic heterocycles. The van der Waals surface area contributed by atoms with Crippen LogP contribution in [0.2, 0.25) is 0 Å². The molecule has 0 bridgehead atoms. The third-order valence-electron chi connectivity index (χ3n) is 2.34. The van der Waals surface area contributed by atoms with E-state index in [0.29, 0.717) is 0 Å². The maximum Gasteiger partial charge on any atom is 0.469 e. The van der Waals surface area contributed by atoms with Gasteiger partial charge in [-0.2, -0.15) is 13.2 Å². The van der Waals surface area contributed by atoms with Gasteiger partial charge in [-0.3, -0.25) is 14.9 Å². The number of amides is 1. The highest BCUT2D eigenvalue weighted by Crippen LogP contribution is 2.29. The van der Waals surface area contributed by atoms with E-state index in [-0.39, 0.29) is 11.3 Å². The molecule has 1 N–H and O–H groups in total. The van der Waals surface area contributed by atoms with Gasteiger partial charge in [0, 0.05) is 12.5 Å². The Hall–Kier alpha value is -2.84. The molecule has 0 saturated heterocycles. The average Bonchev–Trinajstić information content (AvgIpc) is 2.86. The Labute approximate surface area is 121 Å². The van der Waals surface area contributed by atoms with E-state index in [1.165, 1.54) is 31.2 Å². The molecule has 9 heteroatoms. The molecule has 0 atom stereocenters. The Morgan fingerprint density at radius 2 is 2.05 bits per heavy atom. The summed E-state index contributed by atoms with van der Waals surface area (Å²) in [7, 11) is 0. The van der Waals surface area contributed by atoms with Gasteiger partial charge in [-0.15, -0.1) is 0 Å². The van der Waals surface area contributed by atoms with Crippen LogP contribution in [0.1, 0.15) is 23.2 Å². The van der Waals surface area contributed by atoms with Gasteiger partial charge in [-0.25, -0.2) is 4.98 Å². The molecule has 1 aromatic carbocycles. The molecule has 2 aromatic rings. The van der Waals surface area contributed by atoms with Crippen LogP contribution in [0, 0.1) is 0 Å². The highest BCUT2D eigenvalue weighted by atomic mass is 19.4. The molecule has 6 nitrogen and oxygen atoms in total. The molecule has 0 aliphatic carbocycles. The molecule has 1 heterocycles. The Balaban J connectivity index is 2.12. The van der Waals surface area contributed by atoms with Gasteiger partial charge in [0.1, 0.15) is 5.75 Å². The summed E-state index contributed by atoms with van der Waals surface area (Å²) < 4.78 is 46.1. The largest absolute Gasteiger partial charge is 0.469 e. The standard InChI is InChI=1S/C13H9F3N2O4/c1-7(19)21-9-4-2-3-8(5-9)11(20)18-10-6-17-12(22-10)13(14,15)16/h2-6H,1H3,(H,18,20). The fourth-order valence-corrected chi connectivity index (χ4v) is 1.51. The molecule has 116 valence electrons. The van der Waals surface area contributed by atoms with E-state index < -0.39 is 29.8 Å². The molecule has 0 fully saturated rings. The molecule has 1 aromatic heterocycles. The first-order valence-electron chi connectivity index (χ1n) is 5.88. The van der Waals surface area contributed by atoms with Crippen molar-refractivity contribution in [3.05, 3.63) is 41.9 Å². The van der Waals surface area contributed by atoms with E-state index in [0.717, 1.165) is 6.20 Å². The minimum absolute atomic E-state index is 0.0729. The van der Waals surface area contributed by atoms with Crippen molar-refractivity contribution >= 4 is 17.8 Å². The van der Waals surface area contributed by atoms with Crippen LogP contribution < -0.4 is 10.1 Å². The number of anilines is 1. The van der Waals surface area contributed by atoms with E-state index in [4.69, 9.17) is 4.74 Å². The first-order valence-corrected chi connectivity index (χ1v) is 5.88.